The Bertz CT molecular complexity index is 714. The standard InChI is InChI=1S/C42H83NO5/c1-6-8-10-12-14-16-18-20-22-24-26-30-34-46-40-39(44)38(36-43(3,4)37-32-28-29-33-37)48-42(45-5)41(40)47-35-31-27-25-23-21-19-17-15-13-11-9-7-2/h37-42H,6-36H2,1-5H3. The van der Waals surface area contributed by atoms with Gasteiger partial charge in [-0.15, -0.1) is 0 Å². The number of methoxy groups -OCH3 is 1. The lowest BCUT2D eigenvalue weighted by atomic mass is 9.96. The quantitative estimate of drug-likeness (QED) is 0.0522. The maximum Gasteiger partial charge on any atom is 0.186 e. The highest BCUT2D eigenvalue weighted by atomic mass is 16.7. The van der Waals surface area contributed by atoms with Gasteiger partial charge in [0.05, 0.1) is 32.3 Å². The average Bonchev–Trinajstić information content (AvgIpc) is 3.64. The van der Waals surface area contributed by atoms with Gasteiger partial charge >= 0.3 is 0 Å². The third kappa shape index (κ3) is 18.8. The maximum absolute atomic E-state index is 14.1. The molecule has 0 N–H and O–H groups in total. The SMILES string of the molecule is CCCCCCCCCCCCCCOC1C(OC)OC(C[N+](C)(C)C2CCCC2)C([O-])C1OCCCCCCCCCCCCCC. The Hall–Kier alpha value is -0.240. The first-order valence-corrected chi connectivity index (χ1v) is 21.3. The van der Waals surface area contributed by atoms with E-state index in [1.165, 1.54) is 161 Å². The molecule has 0 aromatic rings. The predicted molar refractivity (Wildman–Crippen MR) is 200 cm³/mol. The smallest absolute Gasteiger partial charge is 0.186 e. The van der Waals surface area contributed by atoms with Crippen molar-refractivity contribution >= 4 is 0 Å². The van der Waals surface area contributed by atoms with E-state index < -0.39 is 30.7 Å². The lowest BCUT2D eigenvalue weighted by Crippen LogP contribution is -2.68. The summed E-state index contributed by atoms with van der Waals surface area (Å²) >= 11 is 0. The van der Waals surface area contributed by atoms with Gasteiger partial charge < -0.3 is 28.5 Å². The molecular formula is C42H83NO5. The largest absolute Gasteiger partial charge is 0.848 e. The van der Waals surface area contributed by atoms with Gasteiger partial charge in [0.25, 0.3) is 0 Å². The molecule has 0 aromatic heterocycles. The molecule has 1 aliphatic carbocycles. The third-order valence-corrected chi connectivity index (χ3v) is 11.4. The predicted octanol–water partition coefficient (Wildman–Crippen LogP) is 10.3. The second-order valence-electron chi connectivity index (χ2n) is 16.1. The van der Waals surface area contributed by atoms with Crippen molar-refractivity contribution in [3.05, 3.63) is 0 Å². The number of likely N-dealkylation sites (N-methyl/N-ethyl adjacent to an activating group) is 1. The first kappa shape index (κ1) is 43.9. The summed E-state index contributed by atoms with van der Waals surface area (Å²) in [4.78, 5) is 0. The van der Waals surface area contributed by atoms with E-state index in [-0.39, 0.29) is 0 Å². The molecule has 1 saturated heterocycles. The van der Waals surface area contributed by atoms with Gasteiger partial charge in [-0.1, -0.05) is 161 Å². The van der Waals surface area contributed by atoms with Gasteiger partial charge in [0.2, 0.25) is 0 Å². The van der Waals surface area contributed by atoms with Crippen molar-refractivity contribution in [1.82, 2.24) is 0 Å². The Morgan fingerprint density at radius 2 is 0.938 bits per heavy atom. The Morgan fingerprint density at radius 3 is 1.33 bits per heavy atom. The van der Waals surface area contributed by atoms with Crippen molar-refractivity contribution in [2.45, 2.75) is 230 Å². The van der Waals surface area contributed by atoms with Crippen LogP contribution in [0.2, 0.25) is 0 Å². The van der Waals surface area contributed by atoms with E-state index in [1.54, 1.807) is 7.11 Å². The zero-order chi connectivity index (χ0) is 34.7. The Morgan fingerprint density at radius 1 is 0.562 bits per heavy atom. The van der Waals surface area contributed by atoms with Gasteiger partial charge in [-0.2, -0.15) is 0 Å². The van der Waals surface area contributed by atoms with Crippen LogP contribution in [0.1, 0.15) is 194 Å². The molecule has 0 spiro atoms. The summed E-state index contributed by atoms with van der Waals surface area (Å²) in [5.41, 5.74) is 0. The Kier molecular flexibility index (Phi) is 25.9. The van der Waals surface area contributed by atoms with Gasteiger partial charge in [-0.05, 0) is 38.5 Å². The summed E-state index contributed by atoms with van der Waals surface area (Å²) in [7, 11) is 6.23. The minimum Gasteiger partial charge on any atom is -0.848 e. The first-order chi connectivity index (χ1) is 23.4. The molecule has 2 fully saturated rings. The normalized spacial score (nSPS) is 23.8. The monoisotopic (exact) mass is 682 g/mol. The van der Waals surface area contributed by atoms with Crippen LogP contribution >= 0.6 is 0 Å². The van der Waals surface area contributed by atoms with E-state index in [2.05, 4.69) is 27.9 Å². The second kappa shape index (κ2) is 28.4. The summed E-state index contributed by atoms with van der Waals surface area (Å²) in [5.74, 6) is 0. The zero-order valence-electron chi connectivity index (χ0n) is 32.9. The van der Waals surface area contributed by atoms with Crippen LogP contribution in [0, 0.1) is 0 Å². The molecule has 0 bridgehead atoms. The molecule has 2 aliphatic rings. The Labute approximate surface area is 299 Å². The van der Waals surface area contributed by atoms with Crippen molar-refractivity contribution < 1.29 is 28.5 Å². The number of hydrogen-bond donors (Lipinski definition) is 0. The van der Waals surface area contributed by atoms with Crippen molar-refractivity contribution in [2.24, 2.45) is 0 Å². The van der Waals surface area contributed by atoms with Crippen LogP contribution in [-0.2, 0) is 18.9 Å². The summed E-state index contributed by atoms with van der Waals surface area (Å²) in [6.07, 6.45) is 33.6. The fourth-order valence-electron chi connectivity index (χ4n) is 8.12. The van der Waals surface area contributed by atoms with E-state index in [0.717, 1.165) is 23.7 Å². The molecule has 0 aromatic carbocycles. The van der Waals surface area contributed by atoms with Crippen LogP contribution in [0.15, 0.2) is 0 Å². The van der Waals surface area contributed by atoms with Crippen LogP contribution in [-0.4, -0.2) is 82.2 Å². The topological polar surface area (TPSA) is 60.0 Å². The van der Waals surface area contributed by atoms with Crippen LogP contribution in [0.25, 0.3) is 0 Å². The summed E-state index contributed by atoms with van der Waals surface area (Å²) in [5, 5.41) is 14.1. The highest BCUT2D eigenvalue weighted by Gasteiger charge is 2.46. The fourth-order valence-corrected chi connectivity index (χ4v) is 8.12. The van der Waals surface area contributed by atoms with E-state index in [4.69, 9.17) is 18.9 Å². The van der Waals surface area contributed by atoms with Crippen molar-refractivity contribution in [1.29, 1.82) is 0 Å². The highest BCUT2D eigenvalue weighted by Crippen LogP contribution is 2.31. The molecule has 5 atom stereocenters. The van der Waals surface area contributed by atoms with E-state index >= 15 is 0 Å². The summed E-state index contributed by atoms with van der Waals surface area (Å²) in [6, 6.07) is 0.599. The van der Waals surface area contributed by atoms with E-state index in [1.807, 2.05) is 0 Å². The lowest BCUT2D eigenvalue weighted by Gasteiger charge is -2.51. The third-order valence-electron chi connectivity index (χ3n) is 11.4. The molecule has 0 amide bonds. The van der Waals surface area contributed by atoms with E-state index in [9.17, 15) is 5.11 Å². The van der Waals surface area contributed by atoms with Crippen molar-refractivity contribution in [2.75, 3.05) is 41.0 Å². The lowest BCUT2D eigenvalue weighted by molar-refractivity contribution is -0.919. The fraction of sp³-hybridized carbons (Fsp3) is 1.00. The average molecular weight is 682 g/mol. The van der Waals surface area contributed by atoms with E-state index in [0.29, 0.717) is 25.8 Å². The van der Waals surface area contributed by atoms with Gasteiger partial charge in [0.1, 0.15) is 12.6 Å². The molecule has 286 valence electrons. The number of ether oxygens (including phenoxy) is 4. The van der Waals surface area contributed by atoms with Gasteiger partial charge in [0.15, 0.2) is 6.29 Å². The molecule has 6 nitrogen and oxygen atoms in total. The van der Waals surface area contributed by atoms with Crippen LogP contribution in [0.4, 0.5) is 0 Å². The molecule has 1 heterocycles. The number of rotatable bonds is 32. The first-order valence-electron chi connectivity index (χ1n) is 21.3. The summed E-state index contributed by atoms with van der Waals surface area (Å²) in [6.45, 7) is 6.51. The number of unbranched alkanes of at least 4 members (excludes halogenated alkanes) is 22. The van der Waals surface area contributed by atoms with Gasteiger partial charge in [-0.3, -0.25) is 0 Å². The highest BCUT2D eigenvalue weighted by molar-refractivity contribution is 4.91. The van der Waals surface area contributed by atoms with Crippen LogP contribution in [0.3, 0.4) is 0 Å². The molecule has 1 aliphatic heterocycles. The molecule has 48 heavy (non-hydrogen) atoms. The minimum atomic E-state index is -0.973. The van der Waals surface area contributed by atoms with Gasteiger partial charge in [0, 0.05) is 20.3 Å². The minimum absolute atomic E-state index is 0.441. The maximum atomic E-state index is 14.1. The van der Waals surface area contributed by atoms with Crippen LogP contribution in [0.5, 0.6) is 0 Å². The van der Waals surface area contributed by atoms with Gasteiger partial charge in [-0.25, -0.2) is 0 Å². The van der Waals surface area contributed by atoms with Crippen LogP contribution < -0.4 is 5.11 Å². The molecule has 6 heteroatoms. The van der Waals surface area contributed by atoms with Crippen molar-refractivity contribution in [3.63, 3.8) is 0 Å². The van der Waals surface area contributed by atoms with Crippen molar-refractivity contribution in [3.8, 4) is 0 Å². The second-order valence-corrected chi connectivity index (χ2v) is 16.1. The zero-order valence-corrected chi connectivity index (χ0v) is 32.9. The molecule has 1 saturated carbocycles. The number of quaternary nitrogens is 1. The summed E-state index contributed by atoms with van der Waals surface area (Å²) < 4.78 is 26.0. The molecule has 5 unspecified atom stereocenters. The number of nitrogens with zero attached hydrogens (tertiary/aromatic N) is 1. The molecular weight excluding hydrogens is 598 g/mol. The molecule has 0 radical (unpaired) electrons. The Balaban J connectivity index is 1.76. The molecule has 2 rings (SSSR count). The number of hydrogen-bond acceptors (Lipinski definition) is 5.